The van der Waals surface area contributed by atoms with Crippen LogP contribution in [0.5, 0.6) is 0 Å². The highest BCUT2D eigenvalue weighted by Crippen LogP contribution is 2.17. The van der Waals surface area contributed by atoms with Crippen molar-refractivity contribution in [3.63, 3.8) is 0 Å². The molecule has 0 rings (SSSR count). The summed E-state index contributed by atoms with van der Waals surface area (Å²) in [5, 5.41) is 0. The topological polar surface area (TPSA) is 43.4 Å². The summed E-state index contributed by atoms with van der Waals surface area (Å²) in [6.07, 6.45) is 10.4. The maximum absolute atomic E-state index is 12.2. The maximum Gasteiger partial charge on any atom is 0.316 e. The van der Waals surface area contributed by atoms with Gasteiger partial charge in [-0.15, -0.1) is 0 Å². The van der Waals surface area contributed by atoms with E-state index in [1.165, 1.54) is 0 Å². The first-order chi connectivity index (χ1) is 10.2. The third-order valence-corrected chi connectivity index (χ3v) is 3.79. The van der Waals surface area contributed by atoms with Crippen molar-refractivity contribution in [2.45, 2.75) is 91.4 Å². The van der Waals surface area contributed by atoms with E-state index < -0.39 is 5.92 Å². The molecule has 124 valence electrons. The molecule has 0 spiro atoms. The molecule has 0 aromatic heterocycles. The summed E-state index contributed by atoms with van der Waals surface area (Å²) < 4.78 is 5.30. The lowest BCUT2D eigenvalue weighted by Gasteiger charge is -2.15. The summed E-state index contributed by atoms with van der Waals surface area (Å²) >= 11 is 0. The first-order valence-electron chi connectivity index (χ1n) is 8.86. The zero-order chi connectivity index (χ0) is 15.9. The van der Waals surface area contributed by atoms with Crippen molar-refractivity contribution >= 4 is 11.8 Å². The van der Waals surface area contributed by atoms with Gasteiger partial charge in [0.25, 0.3) is 0 Å². The molecule has 0 amide bonds. The highest BCUT2D eigenvalue weighted by Gasteiger charge is 2.26. The molecule has 0 fully saturated rings. The number of carbonyl (C=O) groups is 2. The maximum atomic E-state index is 12.2. The molecule has 0 aliphatic carbocycles. The van der Waals surface area contributed by atoms with Crippen molar-refractivity contribution < 1.29 is 14.3 Å². The van der Waals surface area contributed by atoms with Crippen LogP contribution in [0.15, 0.2) is 0 Å². The number of ketones is 1. The van der Waals surface area contributed by atoms with E-state index in [4.69, 9.17) is 4.74 Å². The molecule has 0 unspecified atom stereocenters. The summed E-state index contributed by atoms with van der Waals surface area (Å²) in [4.78, 5) is 24.4. The predicted molar refractivity (Wildman–Crippen MR) is 87.3 cm³/mol. The molecule has 0 saturated carbocycles. The molecule has 1 atom stereocenters. The zero-order valence-electron chi connectivity index (χ0n) is 14.3. The molecule has 0 aromatic carbocycles. The molecule has 0 radical (unpaired) electrons. The largest absolute Gasteiger partial charge is 0.465 e. The van der Waals surface area contributed by atoms with Crippen LogP contribution >= 0.6 is 0 Å². The molecule has 0 bridgehead atoms. The van der Waals surface area contributed by atoms with Gasteiger partial charge in [-0.3, -0.25) is 9.59 Å². The molecular weight excluding hydrogens is 264 g/mol. The Morgan fingerprint density at radius 1 is 0.810 bits per heavy atom. The van der Waals surface area contributed by atoms with Crippen molar-refractivity contribution in [3.8, 4) is 0 Å². The summed E-state index contributed by atoms with van der Waals surface area (Å²) in [5.74, 6) is -0.723. The van der Waals surface area contributed by atoms with E-state index in [9.17, 15) is 9.59 Å². The van der Waals surface area contributed by atoms with Gasteiger partial charge in [0.05, 0.1) is 6.61 Å². The van der Waals surface area contributed by atoms with Crippen molar-refractivity contribution in [1.29, 1.82) is 0 Å². The van der Waals surface area contributed by atoms with Gasteiger partial charge >= 0.3 is 5.97 Å². The minimum Gasteiger partial charge on any atom is -0.465 e. The minimum absolute atomic E-state index is 0.0834. The third kappa shape index (κ3) is 10.5. The normalized spacial score (nSPS) is 12.1. The van der Waals surface area contributed by atoms with Crippen molar-refractivity contribution in [2.75, 3.05) is 6.61 Å². The average molecular weight is 298 g/mol. The highest BCUT2D eigenvalue weighted by molar-refractivity contribution is 5.98. The van der Waals surface area contributed by atoms with Crippen molar-refractivity contribution in [2.24, 2.45) is 5.92 Å². The fraction of sp³-hybridized carbons (Fsp3) is 0.889. The van der Waals surface area contributed by atoms with Crippen LogP contribution in [0.2, 0.25) is 0 Å². The van der Waals surface area contributed by atoms with Crippen LogP contribution in [0.25, 0.3) is 0 Å². The second-order valence-corrected chi connectivity index (χ2v) is 5.85. The summed E-state index contributed by atoms with van der Waals surface area (Å²) in [7, 11) is 0. The quantitative estimate of drug-likeness (QED) is 0.255. The fourth-order valence-corrected chi connectivity index (χ4v) is 2.36. The van der Waals surface area contributed by atoms with Gasteiger partial charge in [-0.05, 0) is 19.3 Å². The number of hydrogen-bond acceptors (Lipinski definition) is 3. The molecular formula is C18H34O3. The number of hydrogen-bond donors (Lipinski definition) is 0. The minimum atomic E-state index is -0.518. The molecule has 0 N–H and O–H groups in total. The van der Waals surface area contributed by atoms with Gasteiger partial charge in [0.2, 0.25) is 0 Å². The van der Waals surface area contributed by atoms with Crippen LogP contribution in [-0.2, 0) is 14.3 Å². The van der Waals surface area contributed by atoms with Gasteiger partial charge in [-0.2, -0.15) is 0 Å². The molecule has 0 aliphatic rings. The Hall–Kier alpha value is -0.860. The number of unbranched alkanes of at least 4 members (excludes halogenated alkanes) is 6. The van der Waals surface area contributed by atoms with Crippen molar-refractivity contribution in [3.05, 3.63) is 0 Å². The first kappa shape index (κ1) is 20.1. The van der Waals surface area contributed by atoms with Crippen LogP contribution < -0.4 is 0 Å². The number of Topliss-reactive ketones (excluding diaryl/α,β-unsaturated/α-hetero) is 1. The molecule has 0 aliphatic heterocycles. The van der Waals surface area contributed by atoms with Crippen LogP contribution in [0.1, 0.15) is 91.4 Å². The predicted octanol–water partition coefficient (Wildman–Crippen LogP) is 5.07. The van der Waals surface area contributed by atoms with Crippen molar-refractivity contribution in [1.82, 2.24) is 0 Å². The van der Waals surface area contributed by atoms with E-state index in [1.807, 2.05) is 0 Å². The second-order valence-electron chi connectivity index (χ2n) is 5.85. The average Bonchev–Trinajstić information content (AvgIpc) is 2.48. The standard InChI is InChI=1S/C18H34O3/c1-4-7-10-13-16(17(19)14-11-8-5-2)18(20)21-15-12-9-6-3/h16H,4-15H2,1-3H3/t16-/m1/s1. The second kappa shape index (κ2) is 14.1. The van der Waals surface area contributed by atoms with Gasteiger partial charge in [-0.25, -0.2) is 0 Å². The SMILES string of the molecule is CCCCCOC(=O)[C@H](CCCCC)C(=O)CCCCC. The lowest BCUT2D eigenvalue weighted by molar-refractivity contribution is -0.152. The monoisotopic (exact) mass is 298 g/mol. The zero-order valence-corrected chi connectivity index (χ0v) is 14.3. The van der Waals surface area contributed by atoms with E-state index in [0.29, 0.717) is 19.4 Å². The Morgan fingerprint density at radius 2 is 1.38 bits per heavy atom. The summed E-state index contributed by atoms with van der Waals surface area (Å²) in [6, 6.07) is 0. The molecule has 3 heteroatoms. The Balaban J connectivity index is 4.27. The van der Waals surface area contributed by atoms with E-state index in [-0.39, 0.29) is 11.8 Å². The smallest absolute Gasteiger partial charge is 0.316 e. The van der Waals surface area contributed by atoms with Crippen LogP contribution in [0, 0.1) is 5.92 Å². The van der Waals surface area contributed by atoms with E-state index in [0.717, 1.165) is 57.8 Å². The van der Waals surface area contributed by atoms with Gasteiger partial charge in [0.1, 0.15) is 11.7 Å². The molecule has 0 aromatic rings. The lowest BCUT2D eigenvalue weighted by atomic mass is 9.93. The Labute approximate surface area is 130 Å². The van der Waals surface area contributed by atoms with Crippen LogP contribution in [0.4, 0.5) is 0 Å². The molecule has 3 nitrogen and oxygen atoms in total. The lowest BCUT2D eigenvalue weighted by Crippen LogP contribution is -2.26. The molecule has 0 saturated heterocycles. The molecule has 0 heterocycles. The Morgan fingerprint density at radius 3 is 2.00 bits per heavy atom. The van der Waals surface area contributed by atoms with Crippen LogP contribution in [-0.4, -0.2) is 18.4 Å². The van der Waals surface area contributed by atoms with Gasteiger partial charge < -0.3 is 4.74 Å². The van der Waals surface area contributed by atoms with E-state index in [1.54, 1.807) is 0 Å². The number of rotatable bonds is 14. The molecule has 21 heavy (non-hydrogen) atoms. The highest BCUT2D eigenvalue weighted by atomic mass is 16.5. The van der Waals surface area contributed by atoms with E-state index in [2.05, 4.69) is 20.8 Å². The van der Waals surface area contributed by atoms with Gasteiger partial charge in [0, 0.05) is 6.42 Å². The van der Waals surface area contributed by atoms with Crippen LogP contribution in [0.3, 0.4) is 0 Å². The number of esters is 1. The third-order valence-electron chi connectivity index (χ3n) is 3.79. The summed E-state index contributed by atoms with van der Waals surface area (Å²) in [5.41, 5.74) is 0. The Bertz CT molecular complexity index is 274. The number of ether oxygens (including phenoxy) is 1. The fourth-order valence-electron chi connectivity index (χ4n) is 2.36. The number of carbonyl (C=O) groups excluding carboxylic acids is 2. The van der Waals surface area contributed by atoms with Gasteiger partial charge in [-0.1, -0.05) is 65.7 Å². The Kier molecular flexibility index (Phi) is 13.5. The summed E-state index contributed by atoms with van der Waals surface area (Å²) in [6.45, 7) is 6.82. The van der Waals surface area contributed by atoms with E-state index >= 15 is 0 Å². The first-order valence-corrected chi connectivity index (χ1v) is 8.86. The van der Waals surface area contributed by atoms with Gasteiger partial charge in [0.15, 0.2) is 0 Å².